The first-order valence-electron chi connectivity index (χ1n) is 6.13. The van der Waals surface area contributed by atoms with E-state index in [1.807, 2.05) is 0 Å². The molecule has 3 N–H and O–H groups in total. The van der Waals surface area contributed by atoms with Gasteiger partial charge in [-0.2, -0.15) is 15.4 Å². The van der Waals surface area contributed by atoms with Crippen molar-refractivity contribution in [1.29, 1.82) is 0 Å². The molecule has 20 heavy (non-hydrogen) atoms. The van der Waals surface area contributed by atoms with E-state index in [4.69, 9.17) is 0 Å². The summed E-state index contributed by atoms with van der Waals surface area (Å²) >= 11 is 0. The first-order chi connectivity index (χ1) is 9.29. The number of aromatic nitrogens is 3. The molecule has 7 nitrogen and oxygen atoms in total. The van der Waals surface area contributed by atoms with E-state index < -0.39 is 23.3 Å². The molecule has 0 aliphatic rings. The van der Waals surface area contributed by atoms with Crippen LogP contribution in [0.25, 0.3) is 11.0 Å². The minimum atomic E-state index is -1.06. The maximum atomic E-state index is 12.1. The Hall–Kier alpha value is -2.44. The molecule has 0 bridgehead atoms. The van der Waals surface area contributed by atoms with Gasteiger partial charge in [0, 0.05) is 5.56 Å². The van der Waals surface area contributed by atoms with Gasteiger partial charge in [-0.25, -0.2) is 4.79 Å². The second-order valence-electron chi connectivity index (χ2n) is 5.64. The fourth-order valence-electron chi connectivity index (χ4n) is 1.84. The van der Waals surface area contributed by atoms with Gasteiger partial charge in [0.05, 0.1) is 0 Å². The van der Waals surface area contributed by atoms with E-state index in [-0.39, 0.29) is 0 Å². The van der Waals surface area contributed by atoms with Crippen molar-refractivity contribution >= 4 is 22.9 Å². The van der Waals surface area contributed by atoms with Crippen LogP contribution >= 0.6 is 0 Å². The molecule has 2 rings (SSSR count). The molecule has 0 unspecified atom stereocenters. The third-order valence-electron chi connectivity index (χ3n) is 2.97. The lowest BCUT2D eigenvalue weighted by molar-refractivity contribution is -0.142. The SMILES string of the molecule is CC(C)(C)[C@H](NC(=O)c1ccc2n[nH]nc2c1)C(=O)O. The molecule has 0 saturated heterocycles. The van der Waals surface area contributed by atoms with Gasteiger partial charge < -0.3 is 10.4 Å². The van der Waals surface area contributed by atoms with Crippen LogP contribution in [-0.4, -0.2) is 38.4 Å². The van der Waals surface area contributed by atoms with E-state index in [9.17, 15) is 14.7 Å². The molecule has 0 aliphatic carbocycles. The Balaban J connectivity index is 2.24. The van der Waals surface area contributed by atoms with Crippen molar-refractivity contribution in [1.82, 2.24) is 20.7 Å². The fraction of sp³-hybridized carbons (Fsp3) is 0.385. The Morgan fingerprint density at radius 3 is 2.50 bits per heavy atom. The Bertz CT molecular complexity index is 657. The minimum Gasteiger partial charge on any atom is -0.480 e. The van der Waals surface area contributed by atoms with Crippen molar-refractivity contribution in [2.75, 3.05) is 0 Å². The molecular weight excluding hydrogens is 260 g/mol. The van der Waals surface area contributed by atoms with Crippen molar-refractivity contribution in [2.24, 2.45) is 5.41 Å². The van der Waals surface area contributed by atoms with Gasteiger partial charge in [-0.1, -0.05) is 20.8 Å². The summed E-state index contributed by atoms with van der Waals surface area (Å²) in [5.74, 6) is -1.51. The molecular formula is C13H16N4O3. The number of rotatable bonds is 3. The number of hydrogen-bond donors (Lipinski definition) is 3. The van der Waals surface area contributed by atoms with Gasteiger partial charge in [0.15, 0.2) is 0 Å². The highest BCUT2D eigenvalue weighted by atomic mass is 16.4. The maximum Gasteiger partial charge on any atom is 0.326 e. The molecule has 0 aliphatic heterocycles. The fourth-order valence-corrected chi connectivity index (χ4v) is 1.84. The zero-order valence-electron chi connectivity index (χ0n) is 11.5. The molecule has 1 heterocycles. The Labute approximate surface area is 115 Å². The zero-order valence-corrected chi connectivity index (χ0v) is 11.5. The van der Waals surface area contributed by atoms with Crippen LogP contribution < -0.4 is 5.32 Å². The summed E-state index contributed by atoms with van der Waals surface area (Å²) in [6.07, 6.45) is 0. The van der Waals surface area contributed by atoms with Crippen molar-refractivity contribution in [3.8, 4) is 0 Å². The zero-order chi connectivity index (χ0) is 14.9. The normalized spacial score (nSPS) is 13.2. The predicted octanol–water partition coefficient (Wildman–Crippen LogP) is 1.19. The van der Waals surface area contributed by atoms with Gasteiger partial charge in [0.25, 0.3) is 5.91 Å². The van der Waals surface area contributed by atoms with Crippen LogP contribution in [-0.2, 0) is 4.79 Å². The van der Waals surface area contributed by atoms with Gasteiger partial charge in [0.2, 0.25) is 0 Å². The van der Waals surface area contributed by atoms with Gasteiger partial charge in [-0.3, -0.25) is 4.79 Å². The first kappa shape index (κ1) is 14.0. The summed E-state index contributed by atoms with van der Waals surface area (Å²) in [6, 6.07) is 3.83. The number of benzene rings is 1. The van der Waals surface area contributed by atoms with Crippen LogP contribution in [0, 0.1) is 5.41 Å². The molecule has 0 fully saturated rings. The number of carboxylic acid groups (broad SMARTS) is 1. The van der Waals surface area contributed by atoms with Crippen LogP contribution in [0.1, 0.15) is 31.1 Å². The Kier molecular flexibility index (Phi) is 3.44. The minimum absolute atomic E-state index is 0.349. The second kappa shape index (κ2) is 4.92. The van der Waals surface area contributed by atoms with Crippen molar-refractivity contribution in [2.45, 2.75) is 26.8 Å². The van der Waals surface area contributed by atoms with Gasteiger partial charge in [-0.05, 0) is 23.6 Å². The largest absolute Gasteiger partial charge is 0.480 e. The van der Waals surface area contributed by atoms with Gasteiger partial charge in [-0.15, -0.1) is 0 Å². The number of carbonyl (C=O) groups excluding carboxylic acids is 1. The number of aromatic amines is 1. The van der Waals surface area contributed by atoms with Crippen molar-refractivity contribution in [3.63, 3.8) is 0 Å². The maximum absolute atomic E-state index is 12.1. The van der Waals surface area contributed by atoms with E-state index in [1.54, 1.807) is 39.0 Å². The van der Waals surface area contributed by atoms with E-state index in [2.05, 4.69) is 20.7 Å². The summed E-state index contributed by atoms with van der Waals surface area (Å²) in [5.41, 5.74) is 0.966. The number of H-pyrrole nitrogens is 1. The molecule has 0 spiro atoms. The number of carbonyl (C=O) groups is 2. The van der Waals surface area contributed by atoms with Crippen molar-refractivity contribution < 1.29 is 14.7 Å². The summed E-state index contributed by atoms with van der Waals surface area (Å²) in [7, 11) is 0. The standard InChI is InChI=1S/C13H16N4O3/c1-13(2,3)10(12(19)20)14-11(18)7-4-5-8-9(6-7)16-17-15-8/h4-6,10H,1-3H3,(H,14,18)(H,19,20)(H,15,16,17)/t10-/m1/s1. The van der Waals surface area contributed by atoms with E-state index >= 15 is 0 Å². The number of aliphatic carboxylic acids is 1. The van der Waals surface area contributed by atoms with Crippen LogP contribution in [0.4, 0.5) is 0 Å². The average molecular weight is 276 g/mol. The van der Waals surface area contributed by atoms with E-state index in [1.165, 1.54) is 0 Å². The number of hydrogen-bond acceptors (Lipinski definition) is 4. The lowest BCUT2D eigenvalue weighted by Gasteiger charge is -2.27. The molecule has 1 atom stereocenters. The number of amides is 1. The summed E-state index contributed by atoms with van der Waals surface area (Å²) in [6.45, 7) is 5.27. The number of nitrogens with one attached hydrogen (secondary N) is 2. The molecule has 7 heteroatoms. The van der Waals surface area contributed by atoms with Crippen LogP contribution in [0.15, 0.2) is 18.2 Å². The highest BCUT2D eigenvalue weighted by Crippen LogP contribution is 2.20. The molecule has 2 aromatic rings. The lowest BCUT2D eigenvalue weighted by atomic mass is 9.86. The van der Waals surface area contributed by atoms with E-state index in [0.29, 0.717) is 16.6 Å². The average Bonchev–Trinajstić information content (AvgIpc) is 2.80. The van der Waals surface area contributed by atoms with Crippen molar-refractivity contribution in [3.05, 3.63) is 23.8 Å². The van der Waals surface area contributed by atoms with E-state index in [0.717, 1.165) is 0 Å². The highest BCUT2D eigenvalue weighted by Gasteiger charge is 2.32. The Morgan fingerprint density at radius 2 is 1.90 bits per heavy atom. The topological polar surface area (TPSA) is 108 Å². The van der Waals surface area contributed by atoms with Crippen LogP contribution in [0.2, 0.25) is 0 Å². The second-order valence-corrected chi connectivity index (χ2v) is 5.64. The van der Waals surface area contributed by atoms with Crippen LogP contribution in [0.5, 0.6) is 0 Å². The third-order valence-corrected chi connectivity index (χ3v) is 2.97. The predicted molar refractivity (Wildman–Crippen MR) is 72.2 cm³/mol. The number of carboxylic acids is 1. The number of nitrogens with zero attached hydrogens (tertiary/aromatic N) is 2. The van der Waals surface area contributed by atoms with Gasteiger partial charge >= 0.3 is 5.97 Å². The molecule has 1 aromatic carbocycles. The molecule has 0 radical (unpaired) electrons. The molecule has 0 saturated carbocycles. The highest BCUT2D eigenvalue weighted by molar-refractivity contribution is 5.99. The molecule has 106 valence electrons. The Morgan fingerprint density at radius 1 is 1.25 bits per heavy atom. The summed E-state index contributed by atoms with van der Waals surface area (Å²) < 4.78 is 0. The summed E-state index contributed by atoms with van der Waals surface area (Å²) in [5, 5.41) is 22.0. The summed E-state index contributed by atoms with van der Waals surface area (Å²) in [4.78, 5) is 23.4. The quantitative estimate of drug-likeness (QED) is 0.780. The van der Waals surface area contributed by atoms with Gasteiger partial charge in [0.1, 0.15) is 17.1 Å². The smallest absolute Gasteiger partial charge is 0.326 e. The first-order valence-corrected chi connectivity index (χ1v) is 6.13. The molecule has 1 amide bonds. The number of fused-ring (bicyclic) bond motifs is 1. The third kappa shape index (κ3) is 2.76. The lowest BCUT2D eigenvalue weighted by Crippen LogP contribution is -2.49. The molecule has 1 aromatic heterocycles. The van der Waals surface area contributed by atoms with Crippen LogP contribution in [0.3, 0.4) is 0 Å². The monoisotopic (exact) mass is 276 g/mol.